The quantitative estimate of drug-likeness (QED) is 0.0322. The third-order valence-electron chi connectivity index (χ3n) is 23.7. The van der Waals surface area contributed by atoms with E-state index in [0.717, 1.165) is 62.5 Å². The minimum atomic E-state index is -3.44. The Hall–Kier alpha value is -17.2. The minimum absolute atomic E-state index is 0.0155. The molecule has 1 fully saturated rings. The first-order valence-electron chi connectivity index (χ1n) is 43.4. The molecule has 722 valence electrons. The highest BCUT2D eigenvalue weighted by Crippen LogP contribution is 2.43. The normalized spacial score (nSPS) is 12.2. The average Bonchev–Trinajstić information content (AvgIpc) is 1.59. The van der Waals surface area contributed by atoms with Gasteiger partial charge in [-0.1, -0.05) is 12.7 Å². The molecular formula is C96H90F4N26O14S. The van der Waals surface area contributed by atoms with E-state index in [1.165, 1.54) is 85.7 Å². The number of fused-ring (bicyclic) bond motifs is 12. The summed E-state index contributed by atoms with van der Waals surface area (Å²) in [5.74, 6) is -0.976. The summed E-state index contributed by atoms with van der Waals surface area (Å²) in [5.41, 5.74) is 11.6. The number of aromatic nitrogens is 24. The predicted molar refractivity (Wildman–Crippen MR) is 519 cm³/mol. The molecule has 0 unspecified atom stereocenters. The summed E-state index contributed by atoms with van der Waals surface area (Å²) in [6.45, 7) is 8.04. The molecule has 0 saturated carbocycles. The van der Waals surface area contributed by atoms with Crippen LogP contribution in [-0.4, -0.2) is 211 Å². The third-order valence-corrected chi connectivity index (χ3v) is 24.2. The Morgan fingerprint density at radius 3 is 1.04 bits per heavy atom. The highest BCUT2D eigenvalue weighted by Gasteiger charge is 2.30. The number of aryl methyl sites for hydroxylation is 9. The molecule has 0 radical (unpaired) electrons. The lowest BCUT2D eigenvalue weighted by Gasteiger charge is -2.27. The van der Waals surface area contributed by atoms with Crippen LogP contribution in [0.2, 0.25) is 0 Å². The second kappa shape index (κ2) is 38.0. The van der Waals surface area contributed by atoms with Gasteiger partial charge in [-0.25, -0.2) is 83.4 Å². The number of hydrogen-bond acceptors (Lipinski definition) is 28. The van der Waals surface area contributed by atoms with Gasteiger partial charge in [-0.2, -0.15) is 20.4 Å². The van der Waals surface area contributed by atoms with Crippen molar-refractivity contribution in [1.82, 2.24) is 126 Å². The minimum Gasteiger partial charge on any atom is -0.496 e. The van der Waals surface area contributed by atoms with E-state index in [1.54, 1.807) is 150 Å². The molecule has 1 saturated heterocycles. The number of hydrogen-bond donors (Lipinski definition) is 2. The maximum Gasteiger partial charge on any atom is 0.334 e. The van der Waals surface area contributed by atoms with Gasteiger partial charge in [-0.15, -0.1) is 0 Å². The smallest absolute Gasteiger partial charge is 0.334 e. The largest absolute Gasteiger partial charge is 0.496 e. The van der Waals surface area contributed by atoms with E-state index >= 15 is 17.6 Å². The number of nitrogens with zero attached hydrogens (tertiary/aromatic N) is 24. The van der Waals surface area contributed by atoms with Crippen molar-refractivity contribution in [2.75, 3.05) is 80.5 Å². The van der Waals surface area contributed by atoms with E-state index in [0.29, 0.717) is 143 Å². The molecule has 0 spiro atoms. The number of rotatable bonds is 24. The van der Waals surface area contributed by atoms with E-state index in [4.69, 9.17) is 37.9 Å². The van der Waals surface area contributed by atoms with Crippen molar-refractivity contribution in [3.63, 3.8) is 0 Å². The molecule has 0 amide bonds. The first kappa shape index (κ1) is 94.1. The van der Waals surface area contributed by atoms with Crippen LogP contribution < -0.4 is 71.3 Å². The first-order valence-corrected chi connectivity index (χ1v) is 45.5. The van der Waals surface area contributed by atoms with Gasteiger partial charge in [0.2, 0.25) is 0 Å². The standard InChI is InChI=1S/C24H22FN7O3.C24H24FN7O3.C24H23FN6O5S.C24H21FN6O3/c1-30-12-13(7-29-30)16-5-17-19(6-21(16)34-3)27-11-20-22(17)32(24(33)31(20)2)23-18(25)4-14(10-28-23)35-15-8-26-9-15;1-26-5-6-35-15-7-18(25)23(28-11-15)32-22-17-8-16(14-10-29-30(2)13-14)21(34-4)9-19(17)27-12-20(22)31(3)24(32)33;1-13-17(11-29(2)28-13)15-7-16-19(8-21(15)35-4)26-10-20-22(16)31(24(32)30(20)3)23-18(25)6-14(9-27-23)36-12-37(5,33)34;1-5-6-34-15-7-18(25)23(27-11-15)31-22-17-8-16(14-10-28-29(2)13-14)21(33-4)9-19(17)26-12-20(22)30(3)24(31)32/h4-7,10-12,15,26H,8-9H2,1-3H3;7-13,26H,5-6H2,1-4H3;6-11H,12H2,1-5H3;5,7-13H,1,6H2,2-4H3. The number of sulfone groups is 1. The number of methoxy groups -OCH3 is 4. The van der Waals surface area contributed by atoms with Crippen LogP contribution in [0.5, 0.6) is 46.0 Å². The summed E-state index contributed by atoms with van der Waals surface area (Å²) in [7, 11) is 18.4. The molecule has 0 atom stereocenters. The van der Waals surface area contributed by atoms with E-state index in [9.17, 15) is 27.6 Å². The summed E-state index contributed by atoms with van der Waals surface area (Å²) in [6, 6.07) is 19.3. The van der Waals surface area contributed by atoms with Gasteiger partial charge in [0.25, 0.3) is 0 Å². The molecule has 16 aromatic heterocycles. The zero-order chi connectivity index (χ0) is 99.6. The van der Waals surface area contributed by atoms with Gasteiger partial charge in [-0.05, 0) is 38.2 Å². The second-order valence-electron chi connectivity index (χ2n) is 33.0. The van der Waals surface area contributed by atoms with Crippen LogP contribution in [0, 0.1) is 30.2 Å². The Morgan fingerprint density at radius 1 is 0.418 bits per heavy atom. The zero-order valence-electron chi connectivity index (χ0n) is 78.6. The van der Waals surface area contributed by atoms with Gasteiger partial charge in [0, 0.05) is 222 Å². The Labute approximate surface area is 796 Å². The molecular weight excluding hydrogens is 1850 g/mol. The Bertz CT molecular complexity index is 8800. The average molecular weight is 1940 g/mol. The van der Waals surface area contributed by atoms with Crippen LogP contribution in [0.25, 0.3) is 156 Å². The number of halogens is 4. The lowest BCUT2D eigenvalue weighted by atomic mass is 10.0. The zero-order valence-corrected chi connectivity index (χ0v) is 79.4. The summed E-state index contributed by atoms with van der Waals surface area (Å²) >= 11 is 0. The van der Waals surface area contributed by atoms with E-state index in [1.807, 2.05) is 84.2 Å². The van der Waals surface area contributed by atoms with Crippen LogP contribution >= 0.6 is 0 Å². The summed E-state index contributed by atoms with van der Waals surface area (Å²) in [5, 5.41) is 25.7. The third kappa shape index (κ3) is 17.6. The maximum atomic E-state index is 15.3. The van der Waals surface area contributed by atoms with E-state index < -0.39 is 61.8 Å². The molecule has 40 nitrogen and oxygen atoms in total. The number of benzene rings is 4. The van der Waals surface area contributed by atoms with Crippen LogP contribution in [-0.2, 0) is 66.2 Å². The van der Waals surface area contributed by atoms with Crippen LogP contribution in [0.1, 0.15) is 5.69 Å². The maximum absolute atomic E-state index is 15.3. The fourth-order valence-corrected chi connectivity index (χ4v) is 17.1. The van der Waals surface area contributed by atoms with Gasteiger partial charge < -0.3 is 48.5 Å². The van der Waals surface area contributed by atoms with E-state index in [-0.39, 0.29) is 53.2 Å². The number of imidazole rings is 4. The van der Waals surface area contributed by atoms with Crippen molar-refractivity contribution in [2.45, 2.75) is 13.0 Å². The lowest BCUT2D eigenvalue weighted by molar-refractivity contribution is 0.141. The summed E-state index contributed by atoms with van der Waals surface area (Å²) < 4.78 is 145. The number of ether oxygens (including phenoxy) is 8. The summed E-state index contributed by atoms with van der Waals surface area (Å²) in [4.78, 5) is 88.0. The molecule has 1 aliphatic heterocycles. The van der Waals surface area contributed by atoms with Crippen molar-refractivity contribution in [3.8, 4) is 114 Å². The second-order valence-corrected chi connectivity index (χ2v) is 35.1. The topological polar surface area (TPSA) is 414 Å². The van der Waals surface area contributed by atoms with Crippen LogP contribution in [0.4, 0.5) is 17.6 Å². The fourth-order valence-electron chi connectivity index (χ4n) is 16.7. The van der Waals surface area contributed by atoms with Gasteiger partial charge in [0.15, 0.2) is 62.3 Å². The van der Waals surface area contributed by atoms with Crippen molar-refractivity contribution in [3.05, 3.63) is 249 Å². The fraction of sp³-hybridized carbons (Fsp3) is 0.229. The van der Waals surface area contributed by atoms with E-state index in [2.05, 4.69) is 77.5 Å². The molecule has 45 heteroatoms. The highest BCUT2D eigenvalue weighted by molar-refractivity contribution is 7.90. The molecule has 2 N–H and O–H groups in total. The highest BCUT2D eigenvalue weighted by atomic mass is 32.2. The molecule has 141 heavy (non-hydrogen) atoms. The van der Waals surface area contributed by atoms with Crippen molar-refractivity contribution >= 4 is 97.6 Å². The summed E-state index contributed by atoms with van der Waals surface area (Å²) in [6.07, 6.45) is 26.9. The Kier molecular flexibility index (Phi) is 25.4. The number of likely N-dealkylation sites (N-methyl/N-ethyl adjacent to an activating group) is 1. The van der Waals surface area contributed by atoms with Crippen molar-refractivity contribution in [2.24, 2.45) is 56.4 Å². The SMILES string of the molecule is C=CCOc1cnc(-n2c(=O)n(C)c3cnc4cc(OC)c(-c5cnn(C)c5)cc4c32)c(F)c1.CNCCOc1cnc(-n2c(=O)n(C)c3cnc4cc(OC)c(-c5cnn(C)c5)cc4c32)c(F)c1.COc1cc2ncc3c(c2cc1-c1cn(C)nc1C)n(-c1ncc(OCS(C)(=O)=O)cc1F)c(=O)n3C.COc1cc2ncc3c(c2cc1-c1cnn(C)c1)n(-c1ncc(OC2CNC2)cc1F)c(=O)n3C. The van der Waals surface area contributed by atoms with Crippen molar-refractivity contribution < 1.29 is 63.9 Å². The first-order chi connectivity index (χ1) is 67.8. The van der Waals surface area contributed by atoms with Gasteiger partial charge in [-0.3, -0.25) is 56.9 Å². The number of nitrogens with one attached hydrogen (secondary N) is 2. The lowest BCUT2D eigenvalue weighted by Crippen LogP contribution is -2.50. The van der Waals surface area contributed by atoms with Crippen LogP contribution in [0.15, 0.2) is 198 Å². The van der Waals surface area contributed by atoms with Crippen LogP contribution in [0.3, 0.4) is 0 Å². The Morgan fingerprint density at radius 2 is 0.745 bits per heavy atom. The molecule has 17 heterocycles. The van der Waals surface area contributed by atoms with Gasteiger partial charge in [0.1, 0.15) is 65.3 Å². The Balaban J connectivity index is 0.000000124. The molecule has 0 aliphatic carbocycles. The molecule has 20 aromatic rings. The molecule has 21 rings (SSSR count). The number of pyridine rings is 8. The van der Waals surface area contributed by atoms with Gasteiger partial charge in [0.05, 0.1) is 168 Å². The van der Waals surface area contributed by atoms with Crippen molar-refractivity contribution in [1.29, 1.82) is 0 Å². The molecule has 1 aliphatic rings. The monoisotopic (exact) mass is 1940 g/mol. The van der Waals surface area contributed by atoms with Gasteiger partial charge >= 0.3 is 22.8 Å². The molecule has 4 aromatic carbocycles. The predicted octanol–water partition coefficient (Wildman–Crippen LogP) is 10.5. The molecule has 0 bridgehead atoms.